The molecule has 0 unspecified atom stereocenters. The maximum absolute atomic E-state index is 12.6. The summed E-state index contributed by atoms with van der Waals surface area (Å²) in [5.41, 5.74) is 0.855. The Morgan fingerprint density at radius 2 is 1.79 bits per heavy atom. The maximum atomic E-state index is 12.6. The molecule has 4 nitrogen and oxygen atoms in total. The fraction of sp³-hybridized carbons (Fsp3) is 0.684. The van der Waals surface area contributed by atoms with Crippen molar-refractivity contribution in [1.82, 2.24) is 4.90 Å². The highest BCUT2D eigenvalue weighted by molar-refractivity contribution is 7.91. The Morgan fingerprint density at radius 3 is 2.33 bits per heavy atom. The van der Waals surface area contributed by atoms with E-state index >= 15 is 0 Å². The van der Waals surface area contributed by atoms with Crippen LogP contribution in [-0.2, 0) is 15.3 Å². The first-order valence-electron chi connectivity index (χ1n) is 8.78. The quantitative estimate of drug-likeness (QED) is 0.884. The second-order valence-corrected chi connectivity index (χ2v) is 10.3. The number of nitrogens with zero attached hydrogens (tertiary/aromatic N) is 1. The fourth-order valence-corrected chi connectivity index (χ4v) is 4.56. The molecule has 0 aromatic heterocycles. The van der Waals surface area contributed by atoms with Crippen molar-refractivity contribution in [1.29, 1.82) is 0 Å². The molecule has 1 N–H and O–H groups in total. The predicted octanol–water partition coefficient (Wildman–Crippen LogP) is 2.99. The van der Waals surface area contributed by atoms with Gasteiger partial charge in [-0.25, -0.2) is 8.42 Å². The lowest BCUT2D eigenvalue weighted by Crippen LogP contribution is -2.53. The molecular formula is C19H31NO3S. The molecule has 1 heterocycles. The third kappa shape index (κ3) is 4.38. The van der Waals surface area contributed by atoms with E-state index in [0.29, 0.717) is 11.4 Å². The number of hydrogen-bond acceptors (Lipinski definition) is 4. The highest BCUT2D eigenvalue weighted by Gasteiger charge is 2.34. The average molecular weight is 354 g/mol. The van der Waals surface area contributed by atoms with Crippen molar-refractivity contribution >= 4 is 9.84 Å². The lowest BCUT2D eigenvalue weighted by molar-refractivity contribution is 0.0169. The van der Waals surface area contributed by atoms with Crippen molar-refractivity contribution in [2.24, 2.45) is 0 Å². The monoisotopic (exact) mass is 353 g/mol. The van der Waals surface area contributed by atoms with E-state index in [-0.39, 0.29) is 23.3 Å². The standard InChI is InChI=1S/C19H31NO3S/c1-18(2,3)16-7-9-17(10-8-16)24(22,23)14-13-20-12-6-5-11-19(20,4)15-21/h7-10,21H,5-6,11-15H2,1-4H3/t19-/m1/s1. The number of sulfone groups is 1. The number of likely N-dealkylation sites (tertiary alicyclic amines) is 1. The Kier molecular flexibility index (Phi) is 5.78. The molecule has 5 heteroatoms. The second-order valence-electron chi connectivity index (χ2n) is 8.19. The molecule has 1 aliphatic rings. The minimum absolute atomic E-state index is 0.0129. The van der Waals surface area contributed by atoms with Crippen molar-refractivity contribution < 1.29 is 13.5 Å². The molecule has 1 aromatic carbocycles. The van der Waals surface area contributed by atoms with Gasteiger partial charge in [0.1, 0.15) is 0 Å². The van der Waals surface area contributed by atoms with E-state index in [1.807, 2.05) is 19.1 Å². The Morgan fingerprint density at radius 1 is 1.17 bits per heavy atom. The first-order valence-corrected chi connectivity index (χ1v) is 10.4. The number of aliphatic hydroxyl groups excluding tert-OH is 1. The lowest BCUT2D eigenvalue weighted by Gasteiger charge is -2.43. The van der Waals surface area contributed by atoms with Crippen LogP contribution in [0.15, 0.2) is 29.2 Å². The number of hydrogen-bond donors (Lipinski definition) is 1. The number of benzene rings is 1. The number of rotatable bonds is 5. The van der Waals surface area contributed by atoms with Gasteiger partial charge in [0, 0.05) is 12.1 Å². The highest BCUT2D eigenvalue weighted by Crippen LogP contribution is 2.28. The minimum Gasteiger partial charge on any atom is -0.394 e. The number of piperidine rings is 1. The van der Waals surface area contributed by atoms with Gasteiger partial charge in [0.2, 0.25) is 0 Å². The molecule has 136 valence electrons. The van der Waals surface area contributed by atoms with E-state index < -0.39 is 9.84 Å². The van der Waals surface area contributed by atoms with Gasteiger partial charge in [-0.2, -0.15) is 0 Å². The van der Waals surface area contributed by atoms with Gasteiger partial charge in [0.05, 0.1) is 17.3 Å². The molecule has 24 heavy (non-hydrogen) atoms. The first kappa shape index (κ1) is 19.4. The third-order valence-corrected chi connectivity index (χ3v) is 6.92. The molecule has 0 spiro atoms. The van der Waals surface area contributed by atoms with Gasteiger partial charge >= 0.3 is 0 Å². The molecule has 1 atom stereocenters. The van der Waals surface area contributed by atoms with Crippen LogP contribution in [0, 0.1) is 0 Å². The van der Waals surface area contributed by atoms with Gasteiger partial charge < -0.3 is 5.11 Å². The van der Waals surface area contributed by atoms with Crippen LogP contribution in [-0.4, -0.2) is 49.4 Å². The van der Waals surface area contributed by atoms with Crippen molar-refractivity contribution in [3.05, 3.63) is 29.8 Å². The third-order valence-electron chi connectivity index (χ3n) is 5.21. The van der Waals surface area contributed by atoms with Crippen LogP contribution in [0.3, 0.4) is 0 Å². The largest absolute Gasteiger partial charge is 0.394 e. The molecule has 1 aromatic rings. The molecule has 0 radical (unpaired) electrons. The summed E-state index contributed by atoms with van der Waals surface area (Å²) < 4.78 is 25.3. The van der Waals surface area contributed by atoms with E-state index in [1.54, 1.807) is 12.1 Å². The topological polar surface area (TPSA) is 57.6 Å². The summed E-state index contributed by atoms with van der Waals surface area (Å²) >= 11 is 0. The minimum atomic E-state index is -3.30. The summed E-state index contributed by atoms with van der Waals surface area (Å²) in [7, 11) is -3.30. The fourth-order valence-electron chi connectivity index (χ4n) is 3.31. The average Bonchev–Trinajstić information content (AvgIpc) is 2.53. The van der Waals surface area contributed by atoms with Crippen LogP contribution < -0.4 is 0 Å². The van der Waals surface area contributed by atoms with Crippen LogP contribution in [0.5, 0.6) is 0 Å². The Balaban J connectivity index is 2.08. The predicted molar refractivity (Wildman–Crippen MR) is 98.1 cm³/mol. The van der Waals surface area contributed by atoms with Gasteiger partial charge in [-0.3, -0.25) is 4.90 Å². The summed E-state index contributed by atoms with van der Waals surface area (Å²) in [6, 6.07) is 7.26. The van der Waals surface area contributed by atoms with Crippen LogP contribution in [0.25, 0.3) is 0 Å². The van der Waals surface area contributed by atoms with Crippen molar-refractivity contribution in [2.45, 2.75) is 62.8 Å². The van der Waals surface area contributed by atoms with Crippen LogP contribution in [0.2, 0.25) is 0 Å². The van der Waals surface area contributed by atoms with E-state index in [0.717, 1.165) is 31.4 Å². The normalized spacial score (nSPS) is 23.4. The van der Waals surface area contributed by atoms with Gasteiger partial charge in [0.15, 0.2) is 9.84 Å². The highest BCUT2D eigenvalue weighted by atomic mass is 32.2. The molecule has 1 fully saturated rings. The summed E-state index contributed by atoms with van der Waals surface area (Å²) in [5, 5.41) is 9.68. The van der Waals surface area contributed by atoms with E-state index in [4.69, 9.17) is 0 Å². The van der Waals surface area contributed by atoms with E-state index in [2.05, 4.69) is 25.7 Å². The van der Waals surface area contributed by atoms with Gasteiger partial charge in [-0.05, 0) is 49.4 Å². The van der Waals surface area contributed by atoms with Crippen LogP contribution >= 0.6 is 0 Å². The molecule has 0 saturated carbocycles. The molecule has 1 saturated heterocycles. The Hall–Kier alpha value is -0.910. The zero-order valence-corrected chi connectivity index (χ0v) is 16.2. The summed E-state index contributed by atoms with van der Waals surface area (Å²) in [5.74, 6) is 0.0947. The summed E-state index contributed by atoms with van der Waals surface area (Å²) in [4.78, 5) is 2.52. The van der Waals surface area contributed by atoms with E-state index in [9.17, 15) is 13.5 Å². The maximum Gasteiger partial charge on any atom is 0.179 e. The van der Waals surface area contributed by atoms with Gasteiger partial charge in [-0.15, -0.1) is 0 Å². The Bertz CT molecular complexity index is 646. The van der Waals surface area contributed by atoms with Gasteiger partial charge in [-0.1, -0.05) is 39.3 Å². The zero-order chi connectivity index (χ0) is 18.0. The smallest absolute Gasteiger partial charge is 0.179 e. The first-order chi connectivity index (χ1) is 11.1. The van der Waals surface area contributed by atoms with E-state index in [1.165, 1.54) is 0 Å². The second kappa shape index (κ2) is 7.14. The van der Waals surface area contributed by atoms with Crippen molar-refractivity contribution in [3.8, 4) is 0 Å². The van der Waals surface area contributed by atoms with Crippen LogP contribution in [0.4, 0.5) is 0 Å². The van der Waals surface area contributed by atoms with Crippen molar-refractivity contribution in [2.75, 3.05) is 25.4 Å². The lowest BCUT2D eigenvalue weighted by atomic mass is 9.87. The molecule has 0 amide bonds. The van der Waals surface area contributed by atoms with Crippen molar-refractivity contribution in [3.63, 3.8) is 0 Å². The SMILES string of the molecule is CC(C)(C)c1ccc(S(=O)(=O)CCN2CCCC[C@]2(C)CO)cc1. The van der Waals surface area contributed by atoms with Gasteiger partial charge in [0.25, 0.3) is 0 Å². The molecule has 1 aliphatic heterocycles. The molecule has 0 aliphatic carbocycles. The number of aliphatic hydroxyl groups is 1. The Labute approximate surface area is 146 Å². The van der Waals surface area contributed by atoms with Crippen LogP contribution in [0.1, 0.15) is 52.5 Å². The summed E-state index contributed by atoms with van der Waals surface area (Å²) in [6.45, 7) is 9.77. The summed E-state index contributed by atoms with van der Waals surface area (Å²) in [6.07, 6.45) is 3.08. The molecule has 2 rings (SSSR count). The molecule has 0 bridgehead atoms. The molecular weight excluding hydrogens is 322 g/mol. The zero-order valence-electron chi connectivity index (χ0n) is 15.4.